The van der Waals surface area contributed by atoms with E-state index in [1.165, 1.54) is 36.1 Å². The minimum absolute atomic E-state index is 0.756. The van der Waals surface area contributed by atoms with Gasteiger partial charge in [-0.05, 0) is 54.7 Å². The molecule has 0 bridgehead atoms. The summed E-state index contributed by atoms with van der Waals surface area (Å²) in [6.45, 7) is 0.756. The third-order valence-electron chi connectivity index (χ3n) is 3.15. The molecule has 0 amide bonds. The third-order valence-corrected chi connectivity index (χ3v) is 3.15. The second-order valence-corrected chi connectivity index (χ2v) is 4.27. The normalized spacial score (nSPS) is 13.8. The predicted octanol–water partition coefficient (Wildman–Crippen LogP) is 3.38. The maximum atomic E-state index is 5.29. The zero-order valence-electron chi connectivity index (χ0n) is 9.20. The number of benzene rings is 1. The molecule has 3 rings (SSSR count). The fraction of sp³-hybridized carbons (Fsp3) is 0.286. The third kappa shape index (κ3) is 1.83. The summed E-state index contributed by atoms with van der Waals surface area (Å²) >= 11 is 0. The van der Waals surface area contributed by atoms with Crippen LogP contribution < -0.4 is 5.32 Å². The number of rotatable bonds is 3. The molecule has 1 heterocycles. The van der Waals surface area contributed by atoms with Crippen molar-refractivity contribution in [3.8, 4) is 0 Å². The van der Waals surface area contributed by atoms with Crippen LogP contribution in [0.15, 0.2) is 41.0 Å². The first-order chi connectivity index (χ1) is 7.92. The van der Waals surface area contributed by atoms with Crippen LogP contribution in [0.25, 0.3) is 0 Å². The maximum absolute atomic E-state index is 5.29. The van der Waals surface area contributed by atoms with Crippen LogP contribution in [0.1, 0.15) is 23.3 Å². The number of hydrogen-bond acceptors (Lipinski definition) is 2. The minimum Gasteiger partial charge on any atom is -0.467 e. The first-order valence-electron chi connectivity index (χ1n) is 5.80. The standard InChI is InChI=1S/C14H15NO/c1-3-11-6-7-13(9-12(11)4-1)15-10-14-5-2-8-16-14/h2,5-9,15H,1,3-4,10H2. The first-order valence-corrected chi connectivity index (χ1v) is 5.80. The lowest BCUT2D eigenvalue weighted by Crippen LogP contribution is -1.98. The van der Waals surface area contributed by atoms with Crippen LogP contribution in [0.4, 0.5) is 5.69 Å². The molecule has 0 unspecified atom stereocenters. The summed E-state index contributed by atoms with van der Waals surface area (Å²) in [6, 6.07) is 10.6. The van der Waals surface area contributed by atoms with Crippen molar-refractivity contribution in [2.75, 3.05) is 5.32 Å². The minimum atomic E-state index is 0.756. The summed E-state index contributed by atoms with van der Waals surface area (Å²) < 4.78 is 5.29. The van der Waals surface area contributed by atoms with E-state index in [0.29, 0.717) is 0 Å². The molecule has 1 aliphatic carbocycles. The summed E-state index contributed by atoms with van der Waals surface area (Å²) in [5.74, 6) is 0.973. The maximum Gasteiger partial charge on any atom is 0.122 e. The summed E-state index contributed by atoms with van der Waals surface area (Å²) in [5.41, 5.74) is 4.21. The fourth-order valence-corrected chi connectivity index (χ4v) is 2.28. The number of nitrogens with one attached hydrogen (secondary N) is 1. The van der Waals surface area contributed by atoms with E-state index < -0.39 is 0 Å². The Kier molecular flexibility index (Phi) is 2.41. The second-order valence-electron chi connectivity index (χ2n) is 4.27. The molecule has 1 N–H and O–H groups in total. The zero-order valence-corrected chi connectivity index (χ0v) is 9.20. The molecule has 0 radical (unpaired) electrons. The molecule has 2 nitrogen and oxygen atoms in total. The van der Waals surface area contributed by atoms with E-state index in [2.05, 4.69) is 23.5 Å². The van der Waals surface area contributed by atoms with Crippen LogP contribution in [-0.2, 0) is 19.4 Å². The van der Waals surface area contributed by atoms with Crippen LogP contribution in [0.3, 0.4) is 0 Å². The summed E-state index contributed by atoms with van der Waals surface area (Å²) in [7, 11) is 0. The van der Waals surface area contributed by atoms with Gasteiger partial charge in [0.1, 0.15) is 5.76 Å². The van der Waals surface area contributed by atoms with Crippen LogP contribution >= 0.6 is 0 Å². The summed E-state index contributed by atoms with van der Waals surface area (Å²) in [5, 5.41) is 3.38. The van der Waals surface area contributed by atoms with Gasteiger partial charge in [0.05, 0.1) is 12.8 Å². The van der Waals surface area contributed by atoms with Gasteiger partial charge in [-0.2, -0.15) is 0 Å². The van der Waals surface area contributed by atoms with Gasteiger partial charge in [-0.25, -0.2) is 0 Å². The molecule has 1 aromatic carbocycles. The van der Waals surface area contributed by atoms with Gasteiger partial charge in [-0.15, -0.1) is 0 Å². The molecule has 0 fully saturated rings. The number of anilines is 1. The molecule has 0 atom stereocenters. The lowest BCUT2D eigenvalue weighted by molar-refractivity contribution is 0.518. The SMILES string of the molecule is c1coc(CNc2ccc3c(c2)CCC3)c1. The molecule has 2 heteroatoms. The quantitative estimate of drug-likeness (QED) is 0.845. The molecule has 2 aromatic rings. The van der Waals surface area contributed by atoms with Crippen molar-refractivity contribution in [1.29, 1.82) is 0 Å². The monoisotopic (exact) mass is 213 g/mol. The van der Waals surface area contributed by atoms with Crippen molar-refractivity contribution < 1.29 is 4.42 Å². The van der Waals surface area contributed by atoms with E-state index in [4.69, 9.17) is 4.42 Å². The average molecular weight is 213 g/mol. The molecule has 0 spiro atoms. The number of hydrogen-bond donors (Lipinski definition) is 1. The Labute approximate surface area is 95.3 Å². The van der Waals surface area contributed by atoms with E-state index in [1.807, 2.05) is 12.1 Å². The Morgan fingerprint density at radius 1 is 1.12 bits per heavy atom. The largest absolute Gasteiger partial charge is 0.467 e. The number of aryl methyl sites for hydroxylation is 2. The van der Waals surface area contributed by atoms with Gasteiger partial charge in [0, 0.05) is 5.69 Å². The average Bonchev–Trinajstić information content (AvgIpc) is 2.97. The lowest BCUT2D eigenvalue weighted by Gasteiger charge is -2.06. The van der Waals surface area contributed by atoms with Crippen LogP contribution in [0.2, 0.25) is 0 Å². The van der Waals surface area contributed by atoms with E-state index in [-0.39, 0.29) is 0 Å². The van der Waals surface area contributed by atoms with Gasteiger partial charge in [0.15, 0.2) is 0 Å². The number of fused-ring (bicyclic) bond motifs is 1. The molecule has 0 aliphatic heterocycles. The molecule has 1 aromatic heterocycles. The highest BCUT2D eigenvalue weighted by molar-refractivity contribution is 5.50. The molecule has 0 saturated carbocycles. The topological polar surface area (TPSA) is 25.2 Å². The summed E-state index contributed by atoms with van der Waals surface area (Å²) in [4.78, 5) is 0. The van der Waals surface area contributed by atoms with Crippen LogP contribution in [-0.4, -0.2) is 0 Å². The van der Waals surface area contributed by atoms with Gasteiger partial charge in [0.2, 0.25) is 0 Å². The van der Waals surface area contributed by atoms with Gasteiger partial charge in [-0.1, -0.05) is 6.07 Å². The Morgan fingerprint density at radius 3 is 2.94 bits per heavy atom. The van der Waals surface area contributed by atoms with Gasteiger partial charge >= 0.3 is 0 Å². The fourth-order valence-electron chi connectivity index (χ4n) is 2.28. The highest BCUT2D eigenvalue weighted by Crippen LogP contribution is 2.25. The van der Waals surface area contributed by atoms with Crippen molar-refractivity contribution >= 4 is 5.69 Å². The highest BCUT2D eigenvalue weighted by atomic mass is 16.3. The van der Waals surface area contributed by atoms with Crippen LogP contribution in [0.5, 0.6) is 0 Å². The number of furan rings is 1. The van der Waals surface area contributed by atoms with Crippen molar-refractivity contribution in [3.63, 3.8) is 0 Å². The molecular formula is C14H15NO. The van der Waals surface area contributed by atoms with Crippen molar-refractivity contribution in [1.82, 2.24) is 0 Å². The summed E-state index contributed by atoms with van der Waals surface area (Å²) in [6.07, 6.45) is 5.48. The van der Waals surface area contributed by atoms with Crippen molar-refractivity contribution in [3.05, 3.63) is 53.5 Å². The molecule has 82 valence electrons. The Hall–Kier alpha value is -1.70. The van der Waals surface area contributed by atoms with E-state index in [1.54, 1.807) is 6.26 Å². The molecule has 1 aliphatic rings. The Morgan fingerprint density at radius 2 is 2.06 bits per heavy atom. The van der Waals surface area contributed by atoms with Gasteiger partial charge < -0.3 is 9.73 Å². The Balaban J connectivity index is 1.71. The second kappa shape index (κ2) is 4.05. The molecule has 0 saturated heterocycles. The van der Waals surface area contributed by atoms with E-state index >= 15 is 0 Å². The van der Waals surface area contributed by atoms with Crippen molar-refractivity contribution in [2.24, 2.45) is 0 Å². The first kappa shape index (κ1) is 9.52. The Bertz CT molecular complexity index is 473. The van der Waals surface area contributed by atoms with E-state index in [0.717, 1.165) is 12.3 Å². The highest BCUT2D eigenvalue weighted by Gasteiger charge is 2.10. The predicted molar refractivity (Wildman–Crippen MR) is 64.5 cm³/mol. The molecule has 16 heavy (non-hydrogen) atoms. The van der Waals surface area contributed by atoms with Crippen molar-refractivity contribution in [2.45, 2.75) is 25.8 Å². The van der Waals surface area contributed by atoms with Gasteiger partial charge in [0.25, 0.3) is 0 Å². The van der Waals surface area contributed by atoms with Gasteiger partial charge in [-0.3, -0.25) is 0 Å². The lowest BCUT2D eigenvalue weighted by atomic mass is 10.1. The smallest absolute Gasteiger partial charge is 0.122 e. The zero-order chi connectivity index (χ0) is 10.8. The van der Waals surface area contributed by atoms with E-state index in [9.17, 15) is 0 Å². The van der Waals surface area contributed by atoms with Crippen LogP contribution in [0, 0.1) is 0 Å². The molecular weight excluding hydrogens is 198 g/mol.